The minimum absolute atomic E-state index is 0.192. The number of carbonyl (C=O) groups is 2. The van der Waals surface area contributed by atoms with Crippen molar-refractivity contribution >= 4 is 40.7 Å². The maximum absolute atomic E-state index is 12.9. The minimum atomic E-state index is -0.414. The first kappa shape index (κ1) is 18.2. The number of carbonyl (C=O) groups excluding carboxylic acids is 2. The van der Waals surface area contributed by atoms with E-state index in [9.17, 15) is 14.0 Å². The van der Waals surface area contributed by atoms with Crippen molar-refractivity contribution in [1.29, 1.82) is 0 Å². The number of hydrogen-bond acceptors (Lipinski definition) is 2. The Kier molecular flexibility index (Phi) is 6.17. The van der Waals surface area contributed by atoms with Crippen molar-refractivity contribution in [3.8, 4) is 0 Å². The Balaban J connectivity index is 2.03. The molecule has 0 aromatic heterocycles. The summed E-state index contributed by atoms with van der Waals surface area (Å²) in [5.74, 6) is -1.02. The van der Waals surface area contributed by atoms with E-state index in [1.807, 2.05) is 0 Å². The summed E-state index contributed by atoms with van der Waals surface area (Å²) in [6.45, 7) is 1.78. The van der Waals surface area contributed by atoms with E-state index in [0.717, 1.165) is 0 Å². The lowest BCUT2D eigenvalue weighted by Crippen LogP contribution is -2.37. The molecule has 2 aromatic rings. The second-order valence-corrected chi connectivity index (χ2v) is 5.82. The summed E-state index contributed by atoms with van der Waals surface area (Å²) < 4.78 is 12.9. The predicted molar refractivity (Wildman–Crippen MR) is 93.2 cm³/mol. The molecule has 0 atom stereocenters. The van der Waals surface area contributed by atoms with Crippen LogP contribution in [0.25, 0.3) is 0 Å². The second-order valence-electron chi connectivity index (χ2n) is 5.00. The van der Waals surface area contributed by atoms with Crippen molar-refractivity contribution < 1.29 is 14.0 Å². The van der Waals surface area contributed by atoms with Crippen molar-refractivity contribution in [3.05, 3.63) is 63.9 Å². The van der Waals surface area contributed by atoms with Crippen molar-refractivity contribution in [2.45, 2.75) is 6.92 Å². The molecule has 4 nitrogen and oxygen atoms in total. The summed E-state index contributed by atoms with van der Waals surface area (Å²) >= 11 is 12.2. The topological polar surface area (TPSA) is 49.4 Å². The Morgan fingerprint density at radius 1 is 1.08 bits per heavy atom. The van der Waals surface area contributed by atoms with Gasteiger partial charge in [-0.25, -0.2) is 4.39 Å². The van der Waals surface area contributed by atoms with Crippen LogP contribution in [-0.2, 0) is 4.79 Å². The van der Waals surface area contributed by atoms with Gasteiger partial charge in [0.25, 0.3) is 5.91 Å². The van der Waals surface area contributed by atoms with Crippen LogP contribution in [0.15, 0.2) is 42.5 Å². The lowest BCUT2D eigenvalue weighted by atomic mass is 10.2. The number of halogens is 3. The number of amides is 2. The highest BCUT2D eigenvalue weighted by molar-refractivity contribution is 6.39. The summed E-state index contributed by atoms with van der Waals surface area (Å²) in [6.07, 6.45) is 0. The number of rotatable bonds is 5. The average molecular weight is 369 g/mol. The van der Waals surface area contributed by atoms with Crippen LogP contribution in [0.2, 0.25) is 10.0 Å². The molecule has 0 spiro atoms. The molecule has 0 aliphatic rings. The van der Waals surface area contributed by atoms with E-state index in [0.29, 0.717) is 21.3 Å². The van der Waals surface area contributed by atoms with Gasteiger partial charge in [-0.2, -0.15) is 0 Å². The minimum Gasteiger partial charge on any atom is -0.350 e. The molecule has 1 N–H and O–H groups in total. The zero-order chi connectivity index (χ0) is 17.7. The van der Waals surface area contributed by atoms with Gasteiger partial charge in [0, 0.05) is 25.6 Å². The third-order valence-corrected chi connectivity index (χ3v) is 3.92. The molecule has 2 aromatic carbocycles. The molecule has 0 heterocycles. The zero-order valence-electron chi connectivity index (χ0n) is 12.9. The quantitative estimate of drug-likeness (QED) is 0.869. The number of nitrogens with one attached hydrogen (secondary N) is 1. The summed E-state index contributed by atoms with van der Waals surface area (Å²) in [7, 11) is 0. The number of para-hydroxylation sites is 1. The largest absolute Gasteiger partial charge is 0.350 e. The molecular formula is C17H15Cl2FN2O2. The smallest absolute Gasteiger partial charge is 0.251 e. The number of nitrogens with zero attached hydrogens (tertiary/aromatic N) is 1. The van der Waals surface area contributed by atoms with E-state index in [4.69, 9.17) is 23.2 Å². The molecule has 2 rings (SSSR count). The molecule has 0 saturated carbocycles. The van der Waals surface area contributed by atoms with Crippen LogP contribution in [0, 0.1) is 5.82 Å². The molecule has 0 fully saturated rings. The van der Waals surface area contributed by atoms with Gasteiger partial charge in [0.15, 0.2) is 0 Å². The Morgan fingerprint density at radius 3 is 2.21 bits per heavy atom. The van der Waals surface area contributed by atoms with Gasteiger partial charge in [-0.1, -0.05) is 29.3 Å². The van der Waals surface area contributed by atoms with Gasteiger partial charge in [0.2, 0.25) is 5.91 Å². The van der Waals surface area contributed by atoms with Gasteiger partial charge in [0.05, 0.1) is 15.7 Å². The molecule has 0 aliphatic heterocycles. The maximum Gasteiger partial charge on any atom is 0.251 e. The fraction of sp³-hybridized carbons (Fsp3) is 0.176. The monoisotopic (exact) mass is 368 g/mol. The molecule has 0 saturated heterocycles. The number of benzene rings is 2. The highest BCUT2D eigenvalue weighted by atomic mass is 35.5. The highest BCUT2D eigenvalue weighted by Gasteiger charge is 2.18. The zero-order valence-corrected chi connectivity index (χ0v) is 14.4. The molecular weight excluding hydrogens is 354 g/mol. The van der Waals surface area contributed by atoms with E-state index in [-0.39, 0.29) is 24.9 Å². The molecule has 0 aliphatic carbocycles. The maximum atomic E-state index is 12.9. The van der Waals surface area contributed by atoms with E-state index < -0.39 is 5.82 Å². The van der Waals surface area contributed by atoms with E-state index in [1.54, 1.807) is 18.2 Å². The van der Waals surface area contributed by atoms with Crippen LogP contribution in [0.5, 0.6) is 0 Å². The van der Waals surface area contributed by atoms with Crippen molar-refractivity contribution in [1.82, 2.24) is 5.32 Å². The van der Waals surface area contributed by atoms with Crippen molar-refractivity contribution in [2.75, 3.05) is 18.0 Å². The lowest BCUT2D eigenvalue weighted by molar-refractivity contribution is -0.116. The number of anilines is 1. The van der Waals surface area contributed by atoms with Crippen LogP contribution < -0.4 is 10.2 Å². The van der Waals surface area contributed by atoms with Crippen molar-refractivity contribution in [2.24, 2.45) is 0 Å². The fourth-order valence-corrected chi connectivity index (χ4v) is 2.76. The second kappa shape index (κ2) is 8.13. The Hall–Kier alpha value is -2.11. The summed E-state index contributed by atoms with van der Waals surface area (Å²) in [5.41, 5.74) is 0.742. The van der Waals surface area contributed by atoms with Gasteiger partial charge < -0.3 is 10.2 Å². The Labute approximate surface area is 149 Å². The van der Waals surface area contributed by atoms with Crippen LogP contribution in [0.1, 0.15) is 17.3 Å². The number of hydrogen-bond donors (Lipinski definition) is 1. The van der Waals surface area contributed by atoms with Gasteiger partial charge >= 0.3 is 0 Å². The first-order valence-corrected chi connectivity index (χ1v) is 7.91. The van der Waals surface area contributed by atoms with Gasteiger partial charge in [-0.3, -0.25) is 9.59 Å². The van der Waals surface area contributed by atoms with Gasteiger partial charge in [0.1, 0.15) is 5.82 Å². The normalized spacial score (nSPS) is 10.3. The van der Waals surface area contributed by atoms with Crippen LogP contribution >= 0.6 is 23.2 Å². The van der Waals surface area contributed by atoms with Gasteiger partial charge in [-0.05, 0) is 36.4 Å². The fourth-order valence-electron chi connectivity index (χ4n) is 2.16. The Bertz CT molecular complexity index is 731. The van der Waals surface area contributed by atoms with E-state index >= 15 is 0 Å². The van der Waals surface area contributed by atoms with Crippen LogP contribution in [0.3, 0.4) is 0 Å². The van der Waals surface area contributed by atoms with E-state index in [1.165, 1.54) is 36.1 Å². The third-order valence-electron chi connectivity index (χ3n) is 3.31. The SMILES string of the molecule is CC(=O)N(CCNC(=O)c1ccc(F)cc1)c1c(Cl)cccc1Cl. The summed E-state index contributed by atoms with van der Waals surface area (Å²) in [6, 6.07) is 10.1. The van der Waals surface area contributed by atoms with E-state index in [2.05, 4.69) is 5.32 Å². The first-order chi connectivity index (χ1) is 11.4. The molecule has 0 radical (unpaired) electrons. The summed E-state index contributed by atoms with van der Waals surface area (Å²) in [5, 5.41) is 3.37. The van der Waals surface area contributed by atoms with Crippen LogP contribution in [0.4, 0.5) is 10.1 Å². The van der Waals surface area contributed by atoms with Gasteiger partial charge in [-0.15, -0.1) is 0 Å². The van der Waals surface area contributed by atoms with Crippen LogP contribution in [-0.4, -0.2) is 24.9 Å². The standard InChI is InChI=1S/C17H15Cl2FN2O2/c1-11(23)22(16-14(18)3-2-4-15(16)19)10-9-21-17(24)12-5-7-13(20)8-6-12/h2-8H,9-10H2,1H3,(H,21,24). The lowest BCUT2D eigenvalue weighted by Gasteiger charge is -2.23. The predicted octanol–water partition coefficient (Wildman–Crippen LogP) is 3.92. The average Bonchev–Trinajstić information content (AvgIpc) is 2.53. The summed E-state index contributed by atoms with van der Waals surface area (Å²) in [4.78, 5) is 25.3. The highest BCUT2D eigenvalue weighted by Crippen LogP contribution is 2.33. The molecule has 126 valence electrons. The third kappa shape index (κ3) is 4.46. The van der Waals surface area contributed by atoms with Crippen molar-refractivity contribution in [3.63, 3.8) is 0 Å². The molecule has 7 heteroatoms. The molecule has 2 amide bonds. The first-order valence-electron chi connectivity index (χ1n) is 7.16. The Morgan fingerprint density at radius 2 is 1.67 bits per heavy atom. The molecule has 24 heavy (non-hydrogen) atoms. The molecule has 0 bridgehead atoms. The molecule has 0 unspecified atom stereocenters.